The van der Waals surface area contributed by atoms with Crippen LogP contribution in [0.1, 0.15) is 26.2 Å². The Bertz CT molecular complexity index is 840. The summed E-state index contributed by atoms with van der Waals surface area (Å²) in [4.78, 5) is 43.9. The highest BCUT2D eigenvalue weighted by atomic mass is 16.2. The molecule has 1 unspecified atom stereocenters. The molecular formula is C21H36N6O3. The molecule has 3 heterocycles. The van der Waals surface area contributed by atoms with Crippen LogP contribution in [0.25, 0.3) is 0 Å². The van der Waals surface area contributed by atoms with E-state index in [0.717, 1.165) is 69.6 Å². The molecule has 0 aromatic carbocycles. The summed E-state index contributed by atoms with van der Waals surface area (Å²) in [6.45, 7) is 10.8. The van der Waals surface area contributed by atoms with E-state index in [1.54, 1.807) is 7.05 Å². The van der Waals surface area contributed by atoms with Crippen molar-refractivity contribution in [3.05, 3.63) is 26.9 Å². The number of amides is 1. The van der Waals surface area contributed by atoms with Gasteiger partial charge < -0.3 is 20.0 Å². The highest BCUT2D eigenvalue weighted by molar-refractivity contribution is 5.79. The van der Waals surface area contributed by atoms with Gasteiger partial charge in [-0.2, -0.15) is 0 Å². The van der Waals surface area contributed by atoms with Gasteiger partial charge in [0.1, 0.15) is 5.82 Å². The van der Waals surface area contributed by atoms with Gasteiger partial charge in [0.25, 0.3) is 5.56 Å². The highest BCUT2D eigenvalue weighted by Crippen LogP contribution is 2.21. The number of carbonyl (C=O) groups is 1. The summed E-state index contributed by atoms with van der Waals surface area (Å²) in [5, 5.41) is 3.09. The second-order valence-electron chi connectivity index (χ2n) is 8.45. The lowest BCUT2D eigenvalue weighted by Crippen LogP contribution is -2.47. The SMILES string of the molecule is CCN1CCN(CCCNC(=O)C2CCCN(c3cc(=O)n(C)c(=O)n3C)C2)CC1. The molecule has 0 saturated carbocycles. The zero-order chi connectivity index (χ0) is 21.7. The fourth-order valence-corrected chi connectivity index (χ4v) is 4.41. The molecule has 168 valence electrons. The molecule has 1 aromatic heterocycles. The molecule has 30 heavy (non-hydrogen) atoms. The van der Waals surface area contributed by atoms with Gasteiger partial charge in [-0.25, -0.2) is 4.79 Å². The minimum absolute atomic E-state index is 0.0735. The Morgan fingerprint density at radius 3 is 2.47 bits per heavy atom. The molecule has 0 aliphatic carbocycles. The molecule has 1 atom stereocenters. The predicted octanol–water partition coefficient (Wildman–Crippen LogP) is -0.556. The Morgan fingerprint density at radius 1 is 1.07 bits per heavy atom. The smallest absolute Gasteiger partial charge is 0.332 e. The maximum Gasteiger partial charge on any atom is 0.332 e. The Morgan fingerprint density at radius 2 is 1.77 bits per heavy atom. The van der Waals surface area contributed by atoms with Crippen LogP contribution >= 0.6 is 0 Å². The van der Waals surface area contributed by atoms with Crippen molar-refractivity contribution in [2.24, 2.45) is 20.0 Å². The van der Waals surface area contributed by atoms with Crippen LogP contribution in [0.3, 0.4) is 0 Å². The third-order valence-corrected chi connectivity index (χ3v) is 6.48. The van der Waals surface area contributed by atoms with E-state index in [1.807, 2.05) is 4.90 Å². The van der Waals surface area contributed by atoms with Gasteiger partial charge >= 0.3 is 5.69 Å². The number of hydrogen-bond donors (Lipinski definition) is 1. The van der Waals surface area contributed by atoms with Gasteiger partial charge in [-0.05, 0) is 32.4 Å². The second kappa shape index (κ2) is 10.3. The Labute approximate surface area is 178 Å². The van der Waals surface area contributed by atoms with Crippen LogP contribution in [0.5, 0.6) is 0 Å². The minimum atomic E-state index is -0.344. The average Bonchev–Trinajstić information content (AvgIpc) is 2.78. The van der Waals surface area contributed by atoms with Crippen LogP contribution < -0.4 is 21.5 Å². The first-order valence-electron chi connectivity index (χ1n) is 11.1. The molecule has 0 bridgehead atoms. The fraction of sp³-hybridized carbons (Fsp3) is 0.762. The van der Waals surface area contributed by atoms with E-state index in [9.17, 15) is 14.4 Å². The van der Waals surface area contributed by atoms with Gasteiger partial charge in [0.2, 0.25) is 5.91 Å². The van der Waals surface area contributed by atoms with Crippen LogP contribution in [0.15, 0.2) is 15.7 Å². The highest BCUT2D eigenvalue weighted by Gasteiger charge is 2.27. The van der Waals surface area contributed by atoms with Gasteiger partial charge in [0, 0.05) is 66.0 Å². The quantitative estimate of drug-likeness (QED) is 0.596. The minimum Gasteiger partial charge on any atom is -0.357 e. The lowest BCUT2D eigenvalue weighted by atomic mass is 9.97. The Hall–Kier alpha value is -2.13. The van der Waals surface area contributed by atoms with Crippen molar-refractivity contribution in [2.75, 3.05) is 63.8 Å². The summed E-state index contributed by atoms with van der Waals surface area (Å²) < 4.78 is 2.58. The van der Waals surface area contributed by atoms with E-state index < -0.39 is 0 Å². The molecule has 0 radical (unpaired) electrons. The van der Waals surface area contributed by atoms with Gasteiger partial charge in [-0.15, -0.1) is 0 Å². The molecule has 2 saturated heterocycles. The number of likely N-dealkylation sites (N-methyl/N-ethyl adjacent to an activating group) is 1. The molecule has 2 fully saturated rings. The lowest BCUT2D eigenvalue weighted by molar-refractivity contribution is -0.125. The summed E-state index contributed by atoms with van der Waals surface area (Å²) >= 11 is 0. The number of carbonyl (C=O) groups excluding carboxylic acids is 1. The first-order valence-corrected chi connectivity index (χ1v) is 11.1. The maximum atomic E-state index is 12.7. The van der Waals surface area contributed by atoms with E-state index in [1.165, 1.54) is 17.7 Å². The van der Waals surface area contributed by atoms with E-state index in [4.69, 9.17) is 0 Å². The number of nitrogens with one attached hydrogen (secondary N) is 1. The molecule has 1 N–H and O–H groups in total. The fourth-order valence-electron chi connectivity index (χ4n) is 4.41. The molecule has 1 amide bonds. The predicted molar refractivity (Wildman–Crippen MR) is 118 cm³/mol. The molecule has 3 rings (SSSR count). The Kier molecular flexibility index (Phi) is 7.71. The number of piperidine rings is 1. The first-order chi connectivity index (χ1) is 14.4. The van der Waals surface area contributed by atoms with Gasteiger partial charge in [-0.3, -0.25) is 18.7 Å². The van der Waals surface area contributed by atoms with Crippen LogP contribution in [-0.2, 0) is 18.9 Å². The summed E-state index contributed by atoms with van der Waals surface area (Å²) in [5.41, 5.74) is -0.664. The van der Waals surface area contributed by atoms with Crippen LogP contribution in [-0.4, -0.2) is 83.7 Å². The summed E-state index contributed by atoms with van der Waals surface area (Å²) in [7, 11) is 3.14. The molecule has 2 aliphatic rings. The standard InChI is InChI=1S/C21H36N6O3/c1-4-25-11-13-26(14-12-25)9-6-8-22-20(29)17-7-5-10-27(16-17)18-15-19(28)24(3)21(30)23(18)2/h15,17H,4-14,16H2,1-3H3,(H,22,29). The largest absolute Gasteiger partial charge is 0.357 e. The topological polar surface area (TPSA) is 82.8 Å². The van der Waals surface area contributed by atoms with Crippen molar-refractivity contribution in [3.63, 3.8) is 0 Å². The summed E-state index contributed by atoms with van der Waals surface area (Å²) in [5.74, 6) is 0.544. The van der Waals surface area contributed by atoms with E-state index in [-0.39, 0.29) is 23.1 Å². The van der Waals surface area contributed by atoms with Crippen LogP contribution in [0.2, 0.25) is 0 Å². The summed E-state index contributed by atoms with van der Waals surface area (Å²) in [6, 6.07) is 1.49. The zero-order valence-corrected chi connectivity index (χ0v) is 18.6. The van der Waals surface area contributed by atoms with Gasteiger partial charge in [0.15, 0.2) is 0 Å². The van der Waals surface area contributed by atoms with Crippen molar-refractivity contribution in [2.45, 2.75) is 26.2 Å². The maximum absolute atomic E-state index is 12.7. The Balaban J connectivity index is 1.47. The van der Waals surface area contributed by atoms with Crippen LogP contribution in [0.4, 0.5) is 5.82 Å². The number of aromatic nitrogens is 2. The number of nitrogens with zero attached hydrogens (tertiary/aromatic N) is 5. The lowest BCUT2D eigenvalue weighted by Gasteiger charge is -2.35. The number of piperazine rings is 1. The summed E-state index contributed by atoms with van der Waals surface area (Å²) in [6.07, 6.45) is 2.65. The van der Waals surface area contributed by atoms with E-state index in [2.05, 4.69) is 22.0 Å². The van der Waals surface area contributed by atoms with Crippen molar-refractivity contribution in [3.8, 4) is 0 Å². The molecule has 0 spiro atoms. The van der Waals surface area contributed by atoms with Crippen LogP contribution in [0, 0.1) is 5.92 Å². The monoisotopic (exact) mass is 420 g/mol. The number of rotatable bonds is 7. The molecule has 9 nitrogen and oxygen atoms in total. The second-order valence-corrected chi connectivity index (χ2v) is 8.45. The molecular weight excluding hydrogens is 384 g/mol. The average molecular weight is 421 g/mol. The van der Waals surface area contributed by atoms with E-state index >= 15 is 0 Å². The van der Waals surface area contributed by atoms with E-state index in [0.29, 0.717) is 18.9 Å². The normalized spacial score (nSPS) is 21.0. The first kappa shape index (κ1) is 22.6. The third kappa shape index (κ3) is 5.31. The van der Waals surface area contributed by atoms with Crippen molar-refractivity contribution in [1.82, 2.24) is 24.3 Å². The molecule has 9 heteroatoms. The molecule has 1 aromatic rings. The van der Waals surface area contributed by atoms with Gasteiger partial charge in [0.05, 0.1) is 5.92 Å². The zero-order valence-electron chi connectivity index (χ0n) is 18.6. The number of anilines is 1. The van der Waals surface area contributed by atoms with Crippen molar-refractivity contribution in [1.29, 1.82) is 0 Å². The number of hydrogen-bond acceptors (Lipinski definition) is 6. The van der Waals surface area contributed by atoms with Crippen molar-refractivity contribution >= 4 is 11.7 Å². The molecule has 2 aliphatic heterocycles. The van der Waals surface area contributed by atoms with Crippen molar-refractivity contribution < 1.29 is 4.79 Å². The third-order valence-electron chi connectivity index (χ3n) is 6.48. The van der Waals surface area contributed by atoms with Gasteiger partial charge in [-0.1, -0.05) is 6.92 Å².